The largest absolute Gasteiger partial charge is 0.534 e. The molecule has 0 spiro atoms. The highest BCUT2D eigenvalue weighted by Crippen LogP contribution is 2.23. The monoisotopic (exact) mass is 324 g/mol. The summed E-state index contributed by atoms with van der Waals surface area (Å²) in [6.07, 6.45) is 0. The molecule has 0 aromatic heterocycles. The SMILES string of the molecule is CCO[Si](O)(OCC)c1ccc(-c2ccc(F)cc2F)cc1. The summed E-state index contributed by atoms with van der Waals surface area (Å²) in [4.78, 5) is 10.5. The topological polar surface area (TPSA) is 38.7 Å². The Hall–Kier alpha value is -1.60. The average Bonchev–Trinajstić information content (AvgIpc) is 2.48. The lowest BCUT2D eigenvalue weighted by atomic mass is 10.1. The van der Waals surface area contributed by atoms with Crippen LogP contribution in [0.3, 0.4) is 0 Å². The van der Waals surface area contributed by atoms with Crippen LogP contribution in [-0.2, 0) is 8.85 Å². The van der Waals surface area contributed by atoms with E-state index in [0.29, 0.717) is 29.5 Å². The number of hydrogen-bond donors (Lipinski definition) is 1. The molecule has 0 saturated heterocycles. The molecule has 22 heavy (non-hydrogen) atoms. The minimum Gasteiger partial charge on any atom is -0.386 e. The summed E-state index contributed by atoms with van der Waals surface area (Å²) in [7, 11) is -3.43. The highest BCUT2D eigenvalue weighted by Gasteiger charge is 2.39. The molecular formula is C16H18F2O3Si. The Bertz CT molecular complexity index is 626. The van der Waals surface area contributed by atoms with E-state index < -0.39 is 20.4 Å². The fourth-order valence-electron chi connectivity index (χ4n) is 2.18. The molecule has 3 nitrogen and oxygen atoms in total. The second-order valence-electron chi connectivity index (χ2n) is 4.65. The van der Waals surface area contributed by atoms with Crippen molar-refractivity contribution in [2.24, 2.45) is 0 Å². The van der Waals surface area contributed by atoms with E-state index >= 15 is 0 Å². The number of rotatable bonds is 6. The molecule has 2 rings (SSSR count). The third kappa shape index (κ3) is 3.59. The van der Waals surface area contributed by atoms with E-state index in [0.717, 1.165) is 6.07 Å². The van der Waals surface area contributed by atoms with Crippen molar-refractivity contribution in [2.75, 3.05) is 13.2 Å². The molecule has 0 aliphatic carbocycles. The molecule has 118 valence electrons. The van der Waals surface area contributed by atoms with E-state index in [1.807, 2.05) is 0 Å². The van der Waals surface area contributed by atoms with Gasteiger partial charge in [-0.2, -0.15) is 0 Å². The first kappa shape index (κ1) is 16.8. The molecule has 0 radical (unpaired) electrons. The molecule has 0 amide bonds. The molecule has 0 unspecified atom stereocenters. The van der Waals surface area contributed by atoms with Gasteiger partial charge in [0.05, 0.1) is 0 Å². The Balaban J connectivity index is 2.33. The maximum atomic E-state index is 13.8. The second-order valence-corrected chi connectivity index (χ2v) is 6.97. The summed E-state index contributed by atoms with van der Waals surface area (Å²) in [6, 6.07) is 10.0. The fourth-order valence-corrected chi connectivity index (χ4v) is 3.97. The van der Waals surface area contributed by atoms with Crippen molar-refractivity contribution < 1.29 is 22.4 Å². The molecule has 2 aromatic carbocycles. The van der Waals surface area contributed by atoms with Gasteiger partial charge >= 0.3 is 8.80 Å². The zero-order chi connectivity index (χ0) is 16.2. The van der Waals surface area contributed by atoms with E-state index in [9.17, 15) is 13.6 Å². The summed E-state index contributed by atoms with van der Waals surface area (Å²) >= 11 is 0. The van der Waals surface area contributed by atoms with Gasteiger partial charge in [-0.25, -0.2) is 8.78 Å². The van der Waals surface area contributed by atoms with Crippen molar-refractivity contribution >= 4 is 14.0 Å². The average molecular weight is 324 g/mol. The molecule has 0 aliphatic rings. The molecule has 6 heteroatoms. The first-order valence-electron chi connectivity index (χ1n) is 7.06. The normalized spacial score (nSPS) is 11.7. The first-order valence-corrected chi connectivity index (χ1v) is 8.82. The van der Waals surface area contributed by atoms with Gasteiger partial charge in [-0.3, -0.25) is 0 Å². The van der Waals surface area contributed by atoms with Crippen LogP contribution in [0.2, 0.25) is 0 Å². The van der Waals surface area contributed by atoms with E-state index in [-0.39, 0.29) is 0 Å². The molecule has 0 heterocycles. The molecular weight excluding hydrogens is 306 g/mol. The minimum absolute atomic E-state index is 0.297. The van der Waals surface area contributed by atoms with Crippen LogP contribution in [-0.4, -0.2) is 26.8 Å². The van der Waals surface area contributed by atoms with Crippen molar-refractivity contribution in [3.8, 4) is 11.1 Å². The Morgan fingerprint density at radius 3 is 2.05 bits per heavy atom. The molecule has 1 N–H and O–H groups in total. The quantitative estimate of drug-likeness (QED) is 0.831. The van der Waals surface area contributed by atoms with Gasteiger partial charge in [-0.15, -0.1) is 0 Å². The first-order chi connectivity index (χ1) is 10.5. The van der Waals surface area contributed by atoms with Crippen molar-refractivity contribution in [1.82, 2.24) is 0 Å². The van der Waals surface area contributed by atoms with Crippen molar-refractivity contribution in [3.05, 3.63) is 54.1 Å². The molecule has 0 bridgehead atoms. The summed E-state index contributed by atoms with van der Waals surface area (Å²) in [6.45, 7) is 4.21. The van der Waals surface area contributed by atoms with Crippen LogP contribution in [0.25, 0.3) is 11.1 Å². The van der Waals surface area contributed by atoms with Gasteiger partial charge in [0.15, 0.2) is 0 Å². The summed E-state index contributed by atoms with van der Waals surface area (Å²) in [5.41, 5.74) is 0.886. The summed E-state index contributed by atoms with van der Waals surface area (Å²) in [5.74, 6) is -1.25. The van der Waals surface area contributed by atoms with Crippen LogP contribution in [0.1, 0.15) is 13.8 Å². The Morgan fingerprint density at radius 2 is 1.55 bits per heavy atom. The highest BCUT2D eigenvalue weighted by atomic mass is 28.4. The van der Waals surface area contributed by atoms with Crippen molar-refractivity contribution in [2.45, 2.75) is 13.8 Å². The van der Waals surface area contributed by atoms with Gasteiger partial charge in [0.1, 0.15) is 11.6 Å². The third-order valence-electron chi connectivity index (χ3n) is 3.17. The van der Waals surface area contributed by atoms with Crippen LogP contribution in [0, 0.1) is 11.6 Å². The van der Waals surface area contributed by atoms with Crippen LogP contribution in [0.15, 0.2) is 42.5 Å². The fraction of sp³-hybridized carbons (Fsp3) is 0.250. The molecule has 0 atom stereocenters. The lowest BCUT2D eigenvalue weighted by Crippen LogP contribution is -2.54. The highest BCUT2D eigenvalue weighted by molar-refractivity contribution is 6.74. The van der Waals surface area contributed by atoms with E-state index in [1.165, 1.54) is 12.1 Å². The second kappa shape index (κ2) is 7.10. The zero-order valence-electron chi connectivity index (χ0n) is 12.5. The predicted molar refractivity (Wildman–Crippen MR) is 82.7 cm³/mol. The lowest BCUT2D eigenvalue weighted by Gasteiger charge is -2.23. The molecule has 0 fully saturated rings. The molecule has 0 saturated carbocycles. The Morgan fingerprint density at radius 1 is 0.955 bits per heavy atom. The lowest BCUT2D eigenvalue weighted by molar-refractivity contribution is 0.124. The Kier molecular flexibility index (Phi) is 5.41. The van der Waals surface area contributed by atoms with E-state index in [4.69, 9.17) is 8.85 Å². The van der Waals surface area contributed by atoms with Gasteiger partial charge in [0.2, 0.25) is 0 Å². The number of benzene rings is 2. The number of halogens is 2. The third-order valence-corrected chi connectivity index (χ3v) is 5.59. The van der Waals surface area contributed by atoms with Gasteiger partial charge in [0, 0.05) is 30.0 Å². The molecule has 0 aliphatic heterocycles. The summed E-state index contributed by atoms with van der Waals surface area (Å²) < 4.78 is 37.5. The maximum absolute atomic E-state index is 13.8. The van der Waals surface area contributed by atoms with Crippen molar-refractivity contribution in [1.29, 1.82) is 0 Å². The van der Waals surface area contributed by atoms with Crippen LogP contribution in [0.4, 0.5) is 8.78 Å². The zero-order valence-corrected chi connectivity index (χ0v) is 13.5. The van der Waals surface area contributed by atoms with Gasteiger partial charge in [-0.1, -0.05) is 24.3 Å². The van der Waals surface area contributed by atoms with E-state index in [1.54, 1.807) is 38.1 Å². The van der Waals surface area contributed by atoms with Crippen LogP contribution in [0.5, 0.6) is 0 Å². The number of hydrogen-bond acceptors (Lipinski definition) is 3. The van der Waals surface area contributed by atoms with Gasteiger partial charge < -0.3 is 13.6 Å². The van der Waals surface area contributed by atoms with Crippen LogP contribution < -0.4 is 5.19 Å². The maximum Gasteiger partial charge on any atom is 0.534 e. The van der Waals surface area contributed by atoms with Crippen molar-refractivity contribution in [3.63, 3.8) is 0 Å². The smallest absolute Gasteiger partial charge is 0.386 e. The Labute approximate surface area is 129 Å². The summed E-state index contributed by atoms with van der Waals surface area (Å²) in [5, 5.41) is 0.544. The standard InChI is InChI=1S/C16H18F2O3Si/c1-3-20-22(19,21-4-2)14-8-5-12(6-9-14)15-10-7-13(17)11-16(15)18/h5-11,19H,3-4H2,1-2H3. The minimum atomic E-state index is -3.43. The van der Waals surface area contributed by atoms with Gasteiger partial charge in [-0.05, 0) is 31.5 Å². The van der Waals surface area contributed by atoms with Crippen LogP contribution >= 0.6 is 0 Å². The predicted octanol–water partition coefficient (Wildman–Crippen LogP) is 2.84. The van der Waals surface area contributed by atoms with E-state index in [2.05, 4.69) is 0 Å². The van der Waals surface area contributed by atoms with Gasteiger partial charge in [0.25, 0.3) is 0 Å². The molecule has 2 aromatic rings.